The minimum absolute atomic E-state index is 0.146. The van der Waals surface area contributed by atoms with Crippen LogP contribution in [0.2, 0.25) is 0 Å². The summed E-state index contributed by atoms with van der Waals surface area (Å²) in [5.41, 5.74) is -0.146. The van der Waals surface area contributed by atoms with Crippen LogP contribution >= 0.6 is 34.9 Å². The van der Waals surface area contributed by atoms with Crippen molar-refractivity contribution in [3.63, 3.8) is 0 Å². The number of carbonyl (C=O) groups is 1. The lowest BCUT2D eigenvalue weighted by atomic mass is 10.2. The molecule has 1 aromatic heterocycles. The Bertz CT molecular complexity index is 787. The number of aromatic nitrogens is 2. The molecule has 3 N–H and O–H groups in total. The number of hydrogen-bond donors (Lipinski definition) is 2. The van der Waals surface area contributed by atoms with Crippen LogP contribution in [0.15, 0.2) is 36.7 Å². The van der Waals surface area contributed by atoms with Crippen molar-refractivity contribution in [1.29, 1.82) is 0 Å². The molecule has 21 heavy (non-hydrogen) atoms. The van der Waals surface area contributed by atoms with E-state index in [4.69, 9.17) is 5.14 Å². The lowest BCUT2D eigenvalue weighted by Gasteiger charge is -2.05. The number of hydrogen-bond acceptors (Lipinski definition) is 8. The minimum atomic E-state index is -3.95. The first-order valence-electron chi connectivity index (χ1n) is 5.27. The van der Waals surface area contributed by atoms with E-state index >= 15 is 0 Å². The maximum absolute atomic E-state index is 11.3. The molecule has 0 saturated carbocycles. The molecule has 0 aliphatic rings. The van der Waals surface area contributed by atoms with Gasteiger partial charge in [-0.25, -0.2) is 18.4 Å². The Kier molecular flexibility index (Phi) is 4.88. The fraction of sp³-hybridized carbons (Fsp3) is 0.100. The number of aromatic carboxylic acids is 1. The van der Waals surface area contributed by atoms with Gasteiger partial charge in [0.05, 0.1) is 10.5 Å². The minimum Gasteiger partial charge on any atom is -0.478 e. The highest BCUT2D eigenvalue weighted by molar-refractivity contribution is 8.03. The standard InChI is InChI=1S/C10H9N3O4S4/c1-18-9-12-13-10(20-9)19-7-3-2-5(21(11,16)17)4-6(7)8(14)15/h2-4H,1H3,(H,14,15)(H2,11,16,17). The van der Waals surface area contributed by atoms with E-state index in [0.29, 0.717) is 9.24 Å². The van der Waals surface area contributed by atoms with Gasteiger partial charge in [-0.05, 0) is 24.5 Å². The number of nitrogens with two attached hydrogens (primary N) is 1. The molecule has 2 rings (SSSR count). The smallest absolute Gasteiger partial charge is 0.336 e. The third-order valence-corrected chi connectivity index (χ3v) is 6.21. The van der Waals surface area contributed by atoms with E-state index < -0.39 is 16.0 Å². The van der Waals surface area contributed by atoms with Gasteiger partial charge < -0.3 is 5.11 Å². The van der Waals surface area contributed by atoms with Crippen molar-refractivity contribution < 1.29 is 18.3 Å². The zero-order valence-electron chi connectivity index (χ0n) is 10.5. The molecule has 11 heteroatoms. The van der Waals surface area contributed by atoms with Crippen molar-refractivity contribution in [2.75, 3.05) is 6.26 Å². The van der Waals surface area contributed by atoms with Crippen LogP contribution in [0.4, 0.5) is 0 Å². The van der Waals surface area contributed by atoms with E-state index in [2.05, 4.69) is 10.2 Å². The molecule has 0 bridgehead atoms. The summed E-state index contributed by atoms with van der Waals surface area (Å²) in [6.45, 7) is 0. The van der Waals surface area contributed by atoms with Crippen molar-refractivity contribution in [3.05, 3.63) is 23.8 Å². The van der Waals surface area contributed by atoms with Crippen LogP contribution in [-0.4, -0.2) is 35.9 Å². The molecule has 0 spiro atoms. The van der Waals surface area contributed by atoms with Gasteiger partial charge >= 0.3 is 5.97 Å². The first-order valence-corrected chi connectivity index (χ1v) is 9.67. The SMILES string of the molecule is CSc1nnc(Sc2ccc(S(N)(=O)=O)cc2C(=O)O)s1. The molecule has 0 fully saturated rings. The van der Waals surface area contributed by atoms with Gasteiger partial charge in [0.2, 0.25) is 10.0 Å². The molecular formula is C10H9N3O4S4. The Labute approximate surface area is 133 Å². The fourth-order valence-electron chi connectivity index (χ4n) is 1.36. The van der Waals surface area contributed by atoms with Crippen LogP contribution in [0.3, 0.4) is 0 Å². The molecule has 0 aliphatic carbocycles. The largest absolute Gasteiger partial charge is 0.478 e. The number of benzene rings is 1. The molecule has 0 radical (unpaired) electrons. The van der Waals surface area contributed by atoms with E-state index in [-0.39, 0.29) is 10.5 Å². The highest BCUT2D eigenvalue weighted by atomic mass is 32.2. The summed E-state index contributed by atoms with van der Waals surface area (Å²) in [6.07, 6.45) is 1.86. The molecule has 0 atom stereocenters. The fourth-order valence-corrected chi connectivity index (χ4v) is 4.40. The van der Waals surface area contributed by atoms with E-state index in [9.17, 15) is 18.3 Å². The van der Waals surface area contributed by atoms with Crippen molar-refractivity contribution >= 4 is 50.9 Å². The highest BCUT2D eigenvalue weighted by Gasteiger charge is 2.18. The number of carboxylic acid groups (broad SMARTS) is 1. The zero-order chi connectivity index (χ0) is 15.6. The Morgan fingerprint density at radius 2 is 2.00 bits per heavy atom. The number of nitrogens with zero attached hydrogens (tertiary/aromatic N) is 2. The van der Waals surface area contributed by atoms with E-state index in [1.165, 1.54) is 35.2 Å². The third kappa shape index (κ3) is 3.95. The second kappa shape index (κ2) is 6.32. The lowest BCUT2D eigenvalue weighted by Crippen LogP contribution is -2.13. The van der Waals surface area contributed by atoms with Gasteiger partial charge in [0.15, 0.2) is 8.68 Å². The predicted octanol–water partition coefficient (Wildman–Crippen LogP) is 1.76. The molecule has 1 heterocycles. The van der Waals surface area contributed by atoms with Gasteiger partial charge in [-0.2, -0.15) is 0 Å². The summed E-state index contributed by atoms with van der Waals surface area (Å²) in [7, 11) is -3.95. The topological polar surface area (TPSA) is 123 Å². The Hall–Kier alpha value is -1.14. The summed E-state index contributed by atoms with van der Waals surface area (Å²) in [5, 5.41) is 22.0. The summed E-state index contributed by atoms with van der Waals surface area (Å²) in [5.74, 6) is -1.24. The van der Waals surface area contributed by atoms with Crippen LogP contribution in [0.25, 0.3) is 0 Å². The Morgan fingerprint density at radius 3 is 2.52 bits per heavy atom. The molecular weight excluding hydrogens is 354 g/mol. The second-order valence-electron chi connectivity index (χ2n) is 3.65. The molecule has 0 amide bonds. The van der Waals surface area contributed by atoms with Crippen LogP contribution in [0.5, 0.6) is 0 Å². The summed E-state index contributed by atoms with van der Waals surface area (Å²) >= 11 is 3.87. The van der Waals surface area contributed by atoms with Gasteiger partial charge in [0, 0.05) is 4.90 Å². The molecule has 1 aromatic carbocycles. The monoisotopic (exact) mass is 363 g/mol. The van der Waals surface area contributed by atoms with Crippen LogP contribution in [0.1, 0.15) is 10.4 Å². The van der Waals surface area contributed by atoms with E-state index in [1.807, 2.05) is 6.26 Å². The molecule has 0 saturated heterocycles. The zero-order valence-corrected chi connectivity index (χ0v) is 13.8. The number of primary sulfonamides is 1. The van der Waals surface area contributed by atoms with Crippen LogP contribution in [0, 0.1) is 0 Å². The van der Waals surface area contributed by atoms with Gasteiger partial charge in [0.25, 0.3) is 0 Å². The van der Waals surface area contributed by atoms with Crippen molar-refractivity contribution in [2.45, 2.75) is 18.5 Å². The van der Waals surface area contributed by atoms with Crippen LogP contribution in [-0.2, 0) is 10.0 Å². The molecule has 0 unspecified atom stereocenters. The summed E-state index contributed by atoms with van der Waals surface area (Å²) in [6, 6.07) is 3.70. The quantitative estimate of drug-likeness (QED) is 0.770. The van der Waals surface area contributed by atoms with Crippen LogP contribution < -0.4 is 5.14 Å². The second-order valence-corrected chi connectivity index (χ2v) is 8.53. The lowest BCUT2D eigenvalue weighted by molar-refractivity contribution is 0.0693. The summed E-state index contributed by atoms with van der Waals surface area (Å²) < 4.78 is 23.9. The van der Waals surface area contributed by atoms with Gasteiger partial charge in [-0.1, -0.05) is 34.9 Å². The van der Waals surface area contributed by atoms with E-state index in [0.717, 1.165) is 22.2 Å². The molecule has 7 nitrogen and oxygen atoms in total. The number of sulfonamides is 1. The Morgan fingerprint density at radius 1 is 1.33 bits per heavy atom. The Balaban J connectivity index is 2.41. The predicted molar refractivity (Wildman–Crippen MR) is 80.6 cm³/mol. The van der Waals surface area contributed by atoms with Gasteiger partial charge in [-0.15, -0.1) is 10.2 Å². The first kappa shape index (κ1) is 16.2. The maximum atomic E-state index is 11.3. The molecule has 2 aromatic rings. The third-order valence-electron chi connectivity index (χ3n) is 2.27. The number of rotatable bonds is 5. The highest BCUT2D eigenvalue weighted by Crippen LogP contribution is 2.35. The maximum Gasteiger partial charge on any atom is 0.336 e. The molecule has 112 valence electrons. The number of carboxylic acids is 1. The van der Waals surface area contributed by atoms with Crippen molar-refractivity contribution in [2.24, 2.45) is 5.14 Å². The average Bonchev–Trinajstić information content (AvgIpc) is 2.85. The van der Waals surface area contributed by atoms with Gasteiger partial charge in [0.1, 0.15) is 0 Å². The first-order chi connectivity index (χ1) is 9.81. The molecule has 0 aliphatic heterocycles. The van der Waals surface area contributed by atoms with Crippen molar-refractivity contribution in [1.82, 2.24) is 10.2 Å². The van der Waals surface area contributed by atoms with E-state index in [1.54, 1.807) is 0 Å². The van der Waals surface area contributed by atoms with Crippen molar-refractivity contribution in [3.8, 4) is 0 Å². The normalized spacial score (nSPS) is 11.5. The van der Waals surface area contributed by atoms with Gasteiger partial charge in [-0.3, -0.25) is 0 Å². The average molecular weight is 363 g/mol. The number of thioether (sulfide) groups is 1. The summed E-state index contributed by atoms with van der Waals surface area (Å²) in [4.78, 5) is 11.4.